The van der Waals surface area contributed by atoms with Crippen molar-refractivity contribution in [1.82, 2.24) is 24.6 Å². The maximum absolute atomic E-state index is 13.6. The van der Waals surface area contributed by atoms with Crippen molar-refractivity contribution in [1.29, 1.82) is 0 Å². The van der Waals surface area contributed by atoms with Gasteiger partial charge >= 0.3 is 13.7 Å². The first-order chi connectivity index (χ1) is 19.2. The quantitative estimate of drug-likeness (QED) is 0.199. The lowest BCUT2D eigenvalue weighted by Crippen LogP contribution is -2.35. The smallest absolute Gasteiger partial charge is 0.459 e. The van der Waals surface area contributed by atoms with Gasteiger partial charge in [0.1, 0.15) is 18.4 Å². The van der Waals surface area contributed by atoms with Crippen molar-refractivity contribution in [3.05, 3.63) is 36.7 Å². The molecule has 0 spiro atoms. The third-order valence-corrected chi connectivity index (χ3v) is 7.20. The molecule has 40 heavy (non-hydrogen) atoms. The summed E-state index contributed by atoms with van der Waals surface area (Å²) >= 11 is 0. The van der Waals surface area contributed by atoms with E-state index >= 15 is 0 Å². The minimum Gasteiger partial charge on any atom is -0.465 e. The number of carbonyl (C=O) groups excluding carboxylic acids is 2. The van der Waals surface area contributed by atoms with Crippen LogP contribution in [0.15, 0.2) is 36.7 Å². The molecule has 2 aromatic heterocycles. The van der Waals surface area contributed by atoms with E-state index < -0.39 is 32.3 Å². The molecule has 4 N–H and O–H groups in total. The SMILES string of the molecule is CCCC(=O)Nc1nc(N)nc2c1ncn2[C@H]1CO[C@@H](COP(=O)(N[C@@H](C)C(=O)OCC)Oc2ccccc2)O1. The molecular formula is C24H32N7O8P. The number of nitrogens with zero attached hydrogens (tertiary/aromatic N) is 4. The van der Waals surface area contributed by atoms with Gasteiger partial charge in [-0.15, -0.1) is 0 Å². The van der Waals surface area contributed by atoms with E-state index in [0.29, 0.717) is 24.0 Å². The van der Waals surface area contributed by atoms with E-state index in [9.17, 15) is 14.2 Å². The number of esters is 1. The zero-order valence-corrected chi connectivity index (χ0v) is 23.2. The zero-order valence-electron chi connectivity index (χ0n) is 22.3. The predicted octanol–water partition coefficient (Wildman–Crippen LogP) is 2.76. The van der Waals surface area contributed by atoms with Gasteiger partial charge in [-0.05, 0) is 32.4 Å². The zero-order chi connectivity index (χ0) is 28.7. The minimum absolute atomic E-state index is 0.0550. The molecule has 1 aromatic carbocycles. The summed E-state index contributed by atoms with van der Waals surface area (Å²) in [6, 6.07) is 7.39. The predicted molar refractivity (Wildman–Crippen MR) is 143 cm³/mol. The molecule has 1 unspecified atom stereocenters. The number of fused-ring (bicyclic) bond motifs is 1. The van der Waals surface area contributed by atoms with Crippen molar-refractivity contribution in [2.45, 2.75) is 52.2 Å². The lowest BCUT2D eigenvalue weighted by molar-refractivity contribution is -0.144. The van der Waals surface area contributed by atoms with Crippen LogP contribution in [0.2, 0.25) is 0 Å². The second kappa shape index (κ2) is 13.2. The number of carbonyl (C=O) groups is 2. The highest BCUT2D eigenvalue weighted by atomic mass is 31.2. The fourth-order valence-electron chi connectivity index (χ4n) is 3.76. The maximum Gasteiger partial charge on any atom is 0.459 e. The number of amides is 1. The van der Waals surface area contributed by atoms with E-state index in [2.05, 4.69) is 25.4 Å². The van der Waals surface area contributed by atoms with E-state index in [1.54, 1.807) is 41.8 Å². The fourth-order valence-corrected chi connectivity index (χ4v) is 5.23. The number of nitrogens with one attached hydrogen (secondary N) is 2. The van der Waals surface area contributed by atoms with Crippen LogP contribution in [-0.2, 0) is 32.9 Å². The average Bonchev–Trinajstić information content (AvgIpc) is 3.55. The molecule has 0 radical (unpaired) electrons. The molecule has 3 heterocycles. The summed E-state index contributed by atoms with van der Waals surface area (Å²) in [5.41, 5.74) is 6.54. The lowest BCUT2D eigenvalue weighted by Gasteiger charge is -2.23. The number of rotatable bonds is 13. The number of aromatic nitrogens is 4. The van der Waals surface area contributed by atoms with Gasteiger partial charge in [0.15, 0.2) is 29.5 Å². The summed E-state index contributed by atoms with van der Waals surface area (Å²) in [4.78, 5) is 36.9. The second-order valence-corrected chi connectivity index (χ2v) is 10.4. The van der Waals surface area contributed by atoms with Gasteiger partial charge in [0.2, 0.25) is 11.9 Å². The number of imidazole rings is 1. The molecule has 4 atom stereocenters. The van der Waals surface area contributed by atoms with Gasteiger partial charge in [0.05, 0.1) is 19.5 Å². The van der Waals surface area contributed by atoms with Crippen molar-refractivity contribution < 1.29 is 37.4 Å². The third kappa shape index (κ3) is 7.31. The van der Waals surface area contributed by atoms with Gasteiger partial charge in [-0.25, -0.2) is 9.55 Å². The van der Waals surface area contributed by atoms with E-state index in [-0.39, 0.29) is 43.2 Å². The first-order valence-corrected chi connectivity index (χ1v) is 14.3. The van der Waals surface area contributed by atoms with Gasteiger partial charge in [-0.1, -0.05) is 25.1 Å². The van der Waals surface area contributed by atoms with Crippen LogP contribution in [0.4, 0.5) is 11.8 Å². The summed E-state index contributed by atoms with van der Waals surface area (Å²) in [5.74, 6) is -0.429. The monoisotopic (exact) mass is 577 g/mol. The summed E-state index contributed by atoms with van der Waals surface area (Å²) in [7, 11) is -4.09. The molecule has 1 fully saturated rings. The van der Waals surface area contributed by atoms with Gasteiger partial charge in [0, 0.05) is 6.42 Å². The van der Waals surface area contributed by atoms with E-state index in [4.69, 9.17) is 29.0 Å². The van der Waals surface area contributed by atoms with Gasteiger partial charge in [0.25, 0.3) is 0 Å². The number of anilines is 2. The van der Waals surface area contributed by atoms with Crippen molar-refractivity contribution in [3.63, 3.8) is 0 Å². The Labute approximate surface area is 230 Å². The van der Waals surface area contributed by atoms with Crippen LogP contribution in [-0.4, -0.2) is 63.5 Å². The van der Waals surface area contributed by atoms with Gasteiger partial charge in [-0.2, -0.15) is 15.1 Å². The first kappa shape index (κ1) is 29.4. The summed E-state index contributed by atoms with van der Waals surface area (Å²) in [6.07, 6.45) is 0.822. The van der Waals surface area contributed by atoms with E-state index in [1.165, 1.54) is 13.3 Å². The Morgan fingerprint density at radius 3 is 2.75 bits per heavy atom. The van der Waals surface area contributed by atoms with Crippen LogP contribution in [0.1, 0.15) is 39.8 Å². The molecule has 0 saturated carbocycles. The second-order valence-electron chi connectivity index (χ2n) is 8.71. The molecule has 16 heteroatoms. The number of benzene rings is 1. The van der Waals surface area contributed by atoms with Crippen molar-refractivity contribution in [3.8, 4) is 5.75 Å². The van der Waals surface area contributed by atoms with E-state index in [0.717, 1.165) is 0 Å². The normalized spacial score (nSPS) is 19.2. The number of para-hydroxylation sites is 1. The van der Waals surface area contributed by atoms with Crippen molar-refractivity contribution in [2.75, 3.05) is 30.9 Å². The largest absolute Gasteiger partial charge is 0.465 e. The highest BCUT2D eigenvalue weighted by Gasteiger charge is 2.36. The van der Waals surface area contributed by atoms with Crippen LogP contribution < -0.4 is 20.7 Å². The molecule has 216 valence electrons. The number of nitrogen functional groups attached to an aromatic ring is 1. The van der Waals surface area contributed by atoms with Gasteiger partial charge < -0.3 is 29.8 Å². The number of ether oxygens (including phenoxy) is 3. The topological polar surface area (TPSA) is 191 Å². The molecule has 0 aliphatic carbocycles. The molecule has 3 aromatic rings. The molecular weight excluding hydrogens is 545 g/mol. The number of hydrogen-bond acceptors (Lipinski definition) is 12. The van der Waals surface area contributed by atoms with Crippen LogP contribution in [0.25, 0.3) is 11.2 Å². The summed E-state index contributed by atoms with van der Waals surface area (Å²) < 4.78 is 43.0. The minimum atomic E-state index is -4.09. The van der Waals surface area contributed by atoms with Crippen LogP contribution >= 0.6 is 7.75 Å². The Hall–Kier alpha value is -3.62. The third-order valence-electron chi connectivity index (χ3n) is 5.56. The Bertz CT molecular complexity index is 1370. The molecule has 1 saturated heterocycles. The highest BCUT2D eigenvalue weighted by Crippen LogP contribution is 2.45. The molecule has 15 nitrogen and oxygen atoms in total. The average molecular weight is 578 g/mol. The van der Waals surface area contributed by atoms with Crippen molar-refractivity contribution in [2.24, 2.45) is 0 Å². The first-order valence-electron chi connectivity index (χ1n) is 12.7. The standard InChI is InChI=1S/C24H32N7O8P/c1-4-9-17(32)27-21-20-22(29-24(25)28-21)31(14-26-20)18-12-36-19(38-18)13-37-40(34,30-15(3)23(33)35-5-2)39-16-10-7-6-8-11-16/h6-8,10-11,14-15,18-19H,4-5,9,12-13H2,1-3H3,(H,30,34)(H3,25,27,28,29,32)/t15-,18+,19+,40?/m0/s1. The molecule has 1 amide bonds. The maximum atomic E-state index is 13.6. The van der Waals surface area contributed by atoms with Gasteiger partial charge in [-0.3, -0.25) is 18.7 Å². The molecule has 1 aliphatic heterocycles. The Balaban J connectivity index is 1.45. The van der Waals surface area contributed by atoms with Crippen molar-refractivity contribution >= 4 is 42.6 Å². The number of nitrogens with two attached hydrogens (primary N) is 1. The molecule has 4 rings (SSSR count). The number of hydrogen-bond donors (Lipinski definition) is 3. The van der Waals surface area contributed by atoms with E-state index in [1.807, 2.05) is 6.92 Å². The molecule has 0 bridgehead atoms. The fraction of sp³-hybridized carbons (Fsp3) is 0.458. The van der Waals surface area contributed by atoms with Crippen LogP contribution in [0, 0.1) is 0 Å². The Morgan fingerprint density at radius 2 is 2.02 bits per heavy atom. The summed E-state index contributed by atoms with van der Waals surface area (Å²) in [6.45, 7) is 4.98. The van der Waals surface area contributed by atoms with Crippen LogP contribution in [0.3, 0.4) is 0 Å². The Morgan fingerprint density at radius 1 is 1.25 bits per heavy atom. The molecule has 1 aliphatic rings. The Kier molecular flexibility index (Phi) is 9.66. The lowest BCUT2D eigenvalue weighted by atomic mass is 10.3. The van der Waals surface area contributed by atoms with Crippen LogP contribution in [0.5, 0.6) is 5.75 Å². The summed E-state index contributed by atoms with van der Waals surface area (Å²) in [5, 5.41) is 5.30. The highest BCUT2D eigenvalue weighted by molar-refractivity contribution is 7.52.